The summed E-state index contributed by atoms with van der Waals surface area (Å²) in [5, 5.41) is 0. The molecule has 0 heterocycles. The maximum atomic E-state index is 12.6. The fourth-order valence-electron chi connectivity index (χ4n) is 2.40. The topological polar surface area (TPSA) is 26.3 Å². The molecule has 0 atom stereocenters. The van der Waals surface area contributed by atoms with E-state index in [9.17, 15) is 4.79 Å². The molecule has 0 N–H and O–H groups in total. The van der Waals surface area contributed by atoms with Crippen LogP contribution in [-0.4, -0.2) is 12.9 Å². The quantitative estimate of drug-likeness (QED) is 0.656. The first-order valence-corrected chi connectivity index (χ1v) is 7.12. The number of ketones is 1. The molecule has 0 unspecified atom stereocenters. The highest BCUT2D eigenvalue weighted by molar-refractivity contribution is 6.09. The van der Waals surface area contributed by atoms with Crippen LogP contribution in [0.3, 0.4) is 0 Å². The molecule has 2 heteroatoms. The van der Waals surface area contributed by atoms with Gasteiger partial charge in [0.25, 0.3) is 0 Å². The fourth-order valence-corrected chi connectivity index (χ4v) is 2.40. The van der Waals surface area contributed by atoms with Crippen molar-refractivity contribution >= 4 is 5.78 Å². The highest BCUT2D eigenvalue weighted by Crippen LogP contribution is 2.22. The predicted molar refractivity (Wildman–Crippen MR) is 88.3 cm³/mol. The van der Waals surface area contributed by atoms with Crippen LogP contribution in [0.2, 0.25) is 0 Å². The second kappa shape index (κ2) is 6.27. The van der Waals surface area contributed by atoms with Gasteiger partial charge in [-0.2, -0.15) is 0 Å². The maximum absolute atomic E-state index is 12.6. The monoisotopic (exact) mass is 288 g/mol. The molecule has 108 valence electrons. The van der Waals surface area contributed by atoms with Gasteiger partial charge in [0.2, 0.25) is 0 Å². The van der Waals surface area contributed by atoms with E-state index in [4.69, 9.17) is 4.74 Å². The molecule has 3 aromatic carbocycles. The van der Waals surface area contributed by atoms with E-state index in [1.165, 1.54) is 0 Å². The first kappa shape index (κ1) is 14.1. The summed E-state index contributed by atoms with van der Waals surface area (Å²) in [5.41, 5.74) is 3.44. The van der Waals surface area contributed by atoms with Crippen molar-refractivity contribution in [3.63, 3.8) is 0 Å². The van der Waals surface area contributed by atoms with Gasteiger partial charge in [-0.25, -0.2) is 0 Å². The Morgan fingerprint density at radius 3 is 2.09 bits per heavy atom. The lowest BCUT2D eigenvalue weighted by atomic mass is 9.98. The zero-order valence-corrected chi connectivity index (χ0v) is 12.3. The number of carbonyl (C=O) groups excluding carboxylic acids is 1. The van der Waals surface area contributed by atoms with Gasteiger partial charge in [0.05, 0.1) is 7.11 Å². The van der Waals surface area contributed by atoms with Gasteiger partial charge >= 0.3 is 0 Å². The molecule has 0 saturated heterocycles. The van der Waals surface area contributed by atoms with Crippen molar-refractivity contribution in [3.05, 3.63) is 90.0 Å². The number of hydrogen-bond acceptors (Lipinski definition) is 2. The van der Waals surface area contributed by atoms with Crippen LogP contribution in [0, 0.1) is 0 Å². The van der Waals surface area contributed by atoms with E-state index in [-0.39, 0.29) is 5.78 Å². The van der Waals surface area contributed by atoms with Gasteiger partial charge in [-0.05, 0) is 29.3 Å². The third kappa shape index (κ3) is 2.91. The van der Waals surface area contributed by atoms with Crippen molar-refractivity contribution in [2.24, 2.45) is 0 Å². The van der Waals surface area contributed by atoms with Crippen molar-refractivity contribution in [2.45, 2.75) is 0 Å². The van der Waals surface area contributed by atoms with Gasteiger partial charge in [-0.15, -0.1) is 0 Å². The van der Waals surface area contributed by atoms with E-state index in [1.54, 1.807) is 19.2 Å². The first-order chi connectivity index (χ1) is 10.8. The fraction of sp³-hybridized carbons (Fsp3) is 0.0500. The van der Waals surface area contributed by atoms with Crippen LogP contribution >= 0.6 is 0 Å². The molecule has 0 aromatic heterocycles. The standard InChI is InChI=1S/C20H16O2/c1-22-19-12-6-11-18(14-19)20(21)17-10-5-9-16(13-17)15-7-3-2-4-8-15/h2-14H,1H3. The second-order valence-electron chi connectivity index (χ2n) is 5.01. The van der Waals surface area contributed by atoms with Crippen LogP contribution in [0.4, 0.5) is 0 Å². The van der Waals surface area contributed by atoms with Crippen LogP contribution in [0.1, 0.15) is 15.9 Å². The lowest BCUT2D eigenvalue weighted by Gasteiger charge is -2.06. The van der Waals surface area contributed by atoms with Crippen LogP contribution in [0.25, 0.3) is 11.1 Å². The molecular weight excluding hydrogens is 272 g/mol. The molecule has 0 bridgehead atoms. The smallest absolute Gasteiger partial charge is 0.193 e. The van der Waals surface area contributed by atoms with Crippen molar-refractivity contribution in [3.8, 4) is 16.9 Å². The molecule has 0 saturated carbocycles. The molecular formula is C20H16O2. The zero-order chi connectivity index (χ0) is 15.4. The molecule has 0 radical (unpaired) electrons. The van der Waals surface area contributed by atoms with Crippen LogP contribution < -0.4 is 4.74 Å². The summed E-state index contributed by atoms with van der Waals surface area (Å²) in [5.74, 6) is 0.682. The Morgan fingerprint density at radius 1 is 0.727 bits per heavy atom. The minimum Gasteiger partial charge on any atom is -0.497 e. The van der Waals surface area contributed by atoms with E-state index < -0.39 is 0 Å². The summed E-state index contributed by atoms with van der Waals surface area (Å²) in [7, 11) is 1.60. The summed E-state index contributed by atoms with van der Waals surface area (Å²) in [6.07, 6.45) is 0. The van der Waals surface area contributed by atoms with Gasteiger partial charge in [0.1, 0.15) is 5.75 Å². The third-order valence-electron chi connectivity index (χ3n) is 3.56. The summed E-state index contributed by atoms with van der Waals surface area (Å²) >= 11 is 0. The van der Waals surface area contributed by atoms with Crippen molar-refractivity contribution < 1.29 is 9.53 Å². The van der Waals surface area contributed by atoms with Crippen molar-refractivity contribution in [2.75, 3.05) is 7.11 Å². The van der Waals surface area contributed by atoms with Crippen LogP contribution in [-0.2, 0) is 0 Å². The zero-order valence-electron chi connectivity index (χ0n) is 12.3. The molecule has 0 spiro atoms. The normalized spacial score (nSPS) is 10.2. The van der Waals surface area contributed by atoms with Gasteiger partial charge in [0.15, 0.2) is 5.78 Å². The Bertz CT molecular complexity index is 792. The van der Waals surface area contributed by atoms with Gasteiger partial charge in [-0.1, -0.05) is 60.7 Å². The predicted octanol–water partition coefficient (Wildman–Crippen LogP) is 4.59. The van der Waals surface area contributed by atoms with E-state index in [0.29, 0.717) is 16.9 Å². The largest absolute Gasteiger partial charge is 0.497 e. The molecule has 0 aliphatic rings. The Kier molecular flexibility index (Phi) is 4.01. The number of carbonyl (C=O) groups is 1. The highest BCUT2D eigenvalue weighted by atomic mass is 16.5. The number of rotatable bonds is 4. The average molecular weight is 288 g/mol. The van der Waals surface area contributed by atoms with Gasteiger partial charge in [0, 0.05) is 11.1 Å². The molecule has 2 nitrogen and oxygen atoms in total. The SMILES string of the molecule is COc1cccc(C(=O)c2cccc(-c3ccccc3)c2)c1. The minimum atomic E-state index is -0.00307. The van der Waals surface area contributed by atoms with Crippen molar-refractivity contribution in [1.29, 1.82) is 0 Å². The summed E-state index contributed by atoms with van der Waals surface area (Å²) < 4.78 is 5.18. The molecule has 3 rings (SSSR count). The van der Waals surface area contributed by atoms with E-state index in [2.05, 4.69) is 0 Å². The van der Waals surface area contributed by atoms with Crippen LogP contribution in [0.15, 0.2) is 78.9 Å². The second-order valence-corrected chi connectivity index (χ2v) is 5.01. The molecule has 0 fully saturated rings. The number of benzene rings is 3. The Balaban J connectivity index is 1.96. The third-order valence-corrected chi connectivity index (χ3v) is 3.56. The lowest BCUT2D eigenvalue weighted by Crippen LogP contribution is -2.01. The summed E-state index contributed by atoms with van der Waals surface area (Å²) in [4.78, 5) is 12.6. The number of ether oxygens (including phenoxy) is 1. The molecule has 0 aliphatic carbocycles. The molecule has 22 heavy (non-hydrogen) atoms. The summed E-state index contributed by atoms with van der Waals surface area (Å²) in [6.45, 7) is 0. The Morgan fingerprint density at radius 2 is 1.36 bits per heavy atom. The average Bonchev–Trinajstić information content (AvgIpc) is 2.62. The lowest BCUT2D eigenvalue weighted by molar-refractivity contribution is 0.103. The number of hydrogen-bond donors (Lipinski definition) is 0. The molecule has 0 aliphatic heterocycles. The van der Waals surface area contributed by atoms with Crippen molar-refractivity contribution in [1.82, 2.24) is 0 Å². The van der Waals surface area contributed by atoms with E-state index >= 15 is 0 Å². The Hall–Kier alpha value is -2.87. The van der Waals surface area contributed by atoms with E-state index in [0.717, 1.165) is 11.1 Å². The Labute approximate surface area is 130 Å². The maximum Gasteiger partial charge on any atom is 0.193 e. The molecule has 3 aromatic rings. The molecule has 0 amide bonds. The van der Waals surface area contributed by atoms with Crippen LogP contribution in [0.5, 0.6) is 5.75 Å². The van der Waals surface area contributed by atoms with Gasteiger partial charge < -0.3 is 4.74 Å². The highest BCUT2D eigenvalue weighted by Gasteiger charge is 2.10. The van der Waals surface area contributed by atoms with E-state index in [1.807, 2.05) is 66.7 Å². The summed E-state index contributed by atoms with van der Waals surface area (Å²) in [6, 6.07) is 25.0. The van der Waals surface area contributed by atoms with Gasteiger partial charge in [-0.3, -0.25) is 4.79 Å². The minimum absolute atomic E-state index is 0.00307. The number of methoxy groups -OCH3 is 1. The first-order valence-electron chi connectivity index (χ1n) is 7.12.